The second-order valence-electron chi connectivity index (χ2n) is 4.28. The van der Waals surface area contributed by atoms with Gasteiger partial charge in [-0.25, -0.2) is 15.0 Å². The number of nitrogens with two attached hydrogens (primary N) is 1. The Balaban J connectivity index is 1.71. The molecule has 7 nitrogen and oxygen atoms in total. The van der Waals surface area contributed by atoms with Crippen LogP contribution in [-0.4, -0.2) is 33.7 Å². The molecular weight excluding hydrogens is 282 g/mol. The summed E-state index contributed by atoms with van der Waals surface area (Å²) < 4.78 is 10.7. The van der Waals surface area contributed by atoms with Crippen molar-refractivity contribution in [2.45, 2.75) is 0 Å². The van der Waals surface area contributed by atoms with Crippen molar-refractivity contribution in [1.29, 1.82) is 0 Å². The number of aromatic amines is 1. The van der Waals surface area contributed by atoms with E-state index in [0.717, 1.165) is 0 Å². The molecule has 0 radical (unpaired) electrons. The monoisotopic (exact) mass is 295 g/mol. The first-order chi connectivity index (χ1) is 10.8. The van der Waals surface area contributed by atoms with Gasteiger partial charge in [-0.05, 0) is 18.1 Å². The third-order valence-electron chi connectivity index (χ3n) is 2.89. The van der Waals surface area contributed by atoms with Gasteiger partial charge in [-0.3, -0.25) is 0 Å². The lowest BCUT2D eigenvalue weighted by Crippen LogP contribution is -1.96. The van der Waals surface area contributed by atoms with Crippen LogP contribution >= 0.6 is 0 Å². The quantitative estimate of drug-likeness (QED) is 0.708. The van der Waals surface area contributed by atoms with Crippen LogP contribution in [0, 0.1) is 11.8 Å². The zero-order valence-corrected chi connectivity index (χ0v) is 11.8. The molecule has 0 unspecified atom stereocenters. The van der Waals surface area contributed by atoms with Gasteiger partial charge in [0.2, 0.25) is 0 Å². The molecule has 2 aromatic heterocycles. The van der Waals surface area contributed by atoms with Crippen LogP contribution in [0.15, 0.2) is 30.6 Å². The van der Waals surface area contributed by atoms with Gasteiger partial charge in [0.1, 0.15) is 18.5 Å². The molecule has 0 amide bonds. The predicted molar refractivity (Wildman–Crippen MR) is 81.5 cm³/mol. The third kappa shape index (κ3) is 2.76. The zero-order chi connectivity index (χ0) is 15.4. The summed E-state index contributed by atoms with van der Waals surface area (Å²) in [6.07, 6.45) is 1.36. The van der Waals surface area contributed by atoms with Crippen molar-refractivity contribution >= 4 is 17.0 Å². The van der Waals surface area contributed by atoms with E-state index in [4.69, 9.17) is 15.2 Å². The van der Waals surface area contributed by atoms with E-state index in [-0.39, 0.29) is 6.61 Å². The van der Waals surface area contributed by atoms with Crippen LogP contribution in [0.1, 0.15) is 5.82 Å². The third-order valence-corrected chi connectivity index (χ3v) is 2.89. The summed E-state index contributed by atoms with van der Waals surface area (Å²) in [7, 11) is 1.59. The average Bonchev–Trinajstić information content (AvgIpc) is 2.96. The number of nitrogens with one attached hydrogen (secondary N) is 1. The Morgan fingerprint density at radius 1 is 1.23 bits per heavy atom. The van der Waals surface area contributed by atoms with Gasteiger partial charge in [0.05, 0.1) is 7.11 Å². The van der Waals surface area contributed by atoms with E-state index in [2.05, 4.69) is 31.8 Å². The van der Waals surface area contributed by atoms with E-state index in [1.807, 2.05) is 24.3 Å². The molecule has 2 heterocycles. The highest BCUT2D eigenvalue weighted by Gasteiger charge is 2.05. The fourth-order valence-electron chi connectivity index (χ4n) is 1.88. The lowest BCUT2D eigenvalue weighted by atomic mass is 10.3. The Kier molecular flexibility index (Phi) is 3.74. The molecule has 0 aliphatic rings. The molecule has 110 valence electrons. The van der Waals surface area contributed by atoms with Crippen molar-refractivity contribution in [3.63, 3.8) is 0 Å². The minimum absolute atomic E-state index is 0.207. The number of benzene rings is 1. The van der Waals surface area contributed by atoms with Crippen LogP contribution in [0.2, 0.25) is 0 Å². The van der Waals surface area contributed by atoms with Gasteiger partial charge in [0.25, 0.3) is 0 Å². The first kappa shape index (κ1) is 13.7. The highest BCUT2D eigenvalue weighted by atomic mass is 16.5. The maximum absolute atomic E-state index is 5.72. The molecule has 0 aliphatic carbocycles. The highest BCUT2D eigenvalue weighted by molar-refractivity contribution is 5.81. The van der Waals surface area contributed by atoms with Crippen molar-refractivity contribution in [1.82, 2.24) is 19.9 Å². The highest BCUT2D eigenvalue weighted by Crippen LogP contribution is 2.25. The van der Waals surface area contributed by atoms with Crippen molar-refractivity contribution in [2.24, 2.45) is 0 Å². The van der Waals surface area contributed by atoms with Crippen molar-refractivity contribution in [2.75, 3.05) is 19.5 Å². The number of nitrogen functional groups attached to an aromatic ring is 1. The second-order valence-corrected chi connectivity index (χ2v) is 4.28. The number of nitrogens with zero attached hydrogens (tertiary/aromatic N) is 3. The molecule has 3 aromatic rings. The van der Waals surface area contributed by atoms with Gasteiger partial charge in [-0.2, -0.15) is 0 Å². The standard InChI is InChI=1S/C15H13N5O2/c1-21-10-5-2-3-6-11(10)22-8-4-7-12-19-13-14(16)17-9-18-15(13)20-12/h2-3,5-6,9H,8H2,1H3,(H3,16,17,18,19,20). The van der Waals surface area contributed by atoms with Gasteiger partial charge in [-0.1, -0.05) is 18.1 Å². The number of aromatic nitrogens is 4. The number of anilines is 1. The van der Waals surface area contributed by atoms with Crippen LogP contribution in [-0.2, 0) is 0 Å². The molecule has 22 heavy (non-hydrogen) atoms. The van der Waals surface area contributed by atoms with E-state index in [0.29, 0.717) is 34.3 Å². The lowest BCUT2D eigenvalue weighted by Gasteiger charge is -2.06. The molecule has 0 atom stereocenters. The summed E-state index contributed by atoms with van der Waals surface area (Å²) in [5.41, 5.74) is 6.79. The van der Waals surface area contributed by atoms with Gasteiger partial charge < -0.3 is 20.2 Å². The van der Waals surface area contributed by atoms with E-state index >= 15 is 0 Å². The number of fused-ring (bicyclic) bond motifs is 1. The fraction of sp³-hybridized carbons (Fsp3) is 0.133. The van der Waals surface area contributed by atoms with Gasteiger partial charge in [0.15, 0.2) is 28.8 Å². The number of para-hydroxylation sites is 2. The summed E-state index contributed by atoms with van der Waals surface area (Å²) in [5.74, 6) is 7.84. The Labute approximate surface area is 126 Å². The maximum Gasteiger partial charge on any atom is 0.185 e. The summed E-state index contributed by atoms with van der Waals surface area (Å²) >= 11 is 0. The summed E-state index contributed by atoms with van der Waals surface area (Å²) in [5, 5.41) is 0. The molecule has 0 spiro atoms. The van der Waals surface area contributed by atoms with Crippen LogP contribution in [0.3, 0.4) is 0 Å². The van der Waals surface area contributed by atoms with Crippen molar-refractivity contribution < 1.29 is 9.47 Å². The zero-order valence-electron chi connectivity index (χ0n) is 11.8. The van der Waals surface area contributed by atoms with Crippen LogP contribution in [0.25, 0.3) is 11.2 Å². The molecule has 7 heteroatoms. The largest absolute Gasteiger partial charge is 0.493 e. The van der Waals surface area contributed by atoms with Crippen molar-refractivity contribution in [3.8, 4) is 23.3 Å². The molecule has 3 rings (SSSR count). The van der Waals surface area contributed by atoms with E-state index < -0.39 is 0 Å². The second kappa shape index (κ2) is 6.01. The summed E-state index contributed by atoms with van der Waals surface area (Å²) in [4.78, 5) is 15.1. The normalized spacial score (nSPS) is 10.0. The first-order valence-corrected chi connectivity index (χ1v) is 6.49. The molecule has 0 saturated heterocycles. The molecule has 0 saturated carbocycles. The topological polar surface area (TPSA) is 98.9 Å². The first-order valence-electron chi connectivity index (χ1n) is 6.49. The van der Waals surface area contributed by atoms with E-state index in [1.54, 1.807) is 7.11 Å². The SMILES string of the molecule is COc1ccccc1OCC#Cc1nc2ncnc(N)c2[nH]1. The number of ether oxygens (including phenoxy) is 2. The van der Waals surface area contributed by atoms with Crippen LogP contribution < -0.4 is 15.2 Å². The Morgan fingerprint density at radius 2 is 2.05 bits per heavy atom. The maximum atomic E-state index is 5.72. The molecular formula is C15H13N5O2. The van der Waals surface area contributed by atoms with E-state index in [9.17, 15) is 0 Å². The Hall–Kier alpha value is -3.27. The van der Waals surface area contributed by atoms with Crippen LogP contribution in [0.5, 0.6) is 11.5 Å². The number of rotatable bonds is 3. The number of hydrogen-bond acceptors (Lipinski definition) is 6. The summed E-state index contributed by atoms with van der Waals surface area (Å²) in [6.45, 7) is 0.207. The molecule has 0 bridgehead atoms. The number of imidazole rings is 1. The molecule has 0 aliphatic heterocycles. The van der Waals surface area contributed by atoms with Crippen LogP contribution in [0.4, 0.5) is 5.82 Å². The number of hydrogen-bond donors (Lipinski definition) is 2. The Morgan fingerprint density at radius 3 is 2.82 bits per heavy atom. The molecule has 3 N–H and O–H groups in total. The van der Waals surface area contributed by atoms with Gasteiger partial charge >= 0.3 is 0 Å². The number of methoxy groups -OCH3 is 1. The fourth-order valence-corrected chi connectivity index (χ4v) is 1.88. The van der Waals surface area contributed by atoms with Crippen molar-refractivity contribution in [3.05, 3.63) is 36.4 Å². The minimum Gasteiger partial charge on any atom is -0.493 e. The Bertz CT molecular complexity index is 863. The smallest absolute Gasteiger partial charge is 0.185 e. The molecule has 0 fully saturated rings. The summed E-state index contributed by atoms with van der Waals surface area (Å²) in [6, 6.07) is 7.38. The van der Waals surface area contributed by atoms with E-state index in [1.165, 1.54) is 6.33 Å². The van der Waals surface area contributed by atoms with Gasteiger partial charge in [-0.15, -0.1) is 0 Å². The molecule has 1 aromatic carbocycles. The van der Waals surface area contributed by atoms with Gasteiger partial charge in [0, 0.05) is 0 Å². The predicted octanol–water partition coefficient (Wildman–Crippen LogP) is 1.37. The minimum atomic E-state index is 0.207. The lowest BCUT2D eigenvalue weighted by molar-refractivity contribution is 0.331. The number of H-pyrrole nitrogens is 1. The average molecular weight is 295 g/mol.